The number of carbonyl (C=O) groups excluding carboxylic acids is 1. The van der Waals surface area contributed by atoms with Gasteiger partial charge in [0.25, 0.3) is 5.91 Å². The molecule has 0 saturated carbocycles. The number of rotatable bonds is 8. The topological polar surface area (TPSA) is 47.6 Å². The second kappa shape index (κ2) is 9.05. The van der Waals surface area contributed by atoms with Crippen LogP contribution in [-0.4, -0.2) is 19.6 Å². The van der Waals surface area contributed by atoms with Crippen molar-refractivity contribution in [2.45, 2.75) is 6.42 Å². The lowest BCUT2D eigenvalue weighted by atomic mass is 10.1. The van der Waals surface area contributed by atoms with E-state index in [0.717, 1.165) is 28.1 Å². The molecule has 1 N–H and O–H groups in total. The average Bonchev–Trinajstić information content (AvgIpc) is 3.22. The molecule has 1 aromatic heterocycles. The van der Waals surface area contributed by atoms with Gasteiger partial charge in [0.1, 0.15) is 0 Å². The highest BCUT2D eigenvalue weighted by atomic mass is 32.1. The van der Waals surface area contributed by atoms with E-state index in [1.165, 1.54) is 0 Å². The smallest absolute Gasteiger partial charge is 0.262 e. The van der Waals surface area contributed by atoms with Crippen molar-refractivity contribution in [3.05, 3.63) is 78.2 Å². The van der Waals surface area contributed by atoms with Crippen LogP contribution < -0.4 is 14.8 Å². The van der Waals surface area contributed by atoms with Gasteiger partial charge >= 0.3 is 0 Å². The van der Waals surface area contributed by atoms with E-state index in [1.807, 2.05) is 66.1 Å². The van der Waals surface area contributed by atoms with Crippen LogP contribution in [0.1, 0.15) is 5.56 Å². The van der Waals surface area contributed by atoms with Gasteiger partial charge in [-0.1, -0.05) is 36.4 Å². The standard InChI is InChI=1S/C22H21NO3S/c1-3-7-16-11-12-19(20(14-16)25-2)26-15-22(24)23-18-9-5-4-8-17(18)21-10-6-13-27-21/h3-6,8-14H,1,7,15H2,2H3,(H,23,24). The molecule has 0 fully saturated rings. The Labute approximate surface area is 163 Å². The van der Waals surface area contributed by atoms with Crippen LogP contribution in [0.15, 0.2) is 72.6 Å². The molecule has 1 amide bonds. The monoisotopic (exact) mass is 379 g/mol. The number of allylic oxidation sites excluding steroid dienone is 1. The van der Waals surface area contributed by atoms with Crippen molar-refractivity contribution in [2.24, 2.45) is 0 Å². The molecule has 3 rings (SSSR count). The van der Waals surface area contributed by atoms with E-state index in [-0.39, 0.29) is 12.5 Å². The van der Waals surface area contributed by atoms with Gasteiger partial charge in [-0.05, 0) is 41.6 Å². The first kappa shape index (κ1) is 18.7. The maximum absolute atomic E-state index is 12.4. The summed E-state index contributed by atoms with van der Waals surface area (Å²) in [5, 5.41) is 4.94. The molecule has 0 unspecified atom stereocenters. The SMILES string of the molecule is C=CCc1ccc(OCC(=O)Nc2ccccc2-c2cccs2)c(OC)c1. The van der Waals surface area contributed by atoms with Gasteiger partial charge in [0.2, 0.25) is 0 Å². The Morgan fingerprint density at radius 1 is 1.15 bits per heavy atom. The first-order valence-electron chi connectivity index (χ1n) is 8.54. The van der Waals surface area contributed by atoms with Crippen molar-refractivity contribution in [3.8, 4) is 21.9 Å². The van der Waals surface area contributed by atoms with Crippen LogP contribution in [0.5, 0.6) is 11.5 Å². The highest BCUT2D eigenvalue weighted by Crippen LogP contribution is 2.31. The van der Waals surface area contributed by atoms with Gasteiger partial charge in [0.05, 0.1) is 7.11 Å². The lowest BCUT2D eigenvalue weighted by Crippen LogP contribution is -2.20. The lowest BCUT2D eigenvalue weighted by Gasteiger charge is -2.13. The van der Waals surface area contributed by atoms with Crippen molar-refractivity contribution in [2.75, 3.05) is 19.0 Å². The van der Waals surface area contributed by atoms with E-state index >= 15 is 0 Å². The van der Waals surface area contributed by atoms with Crippen molar-refractivity contribution in [3.63, 3.8) is 0 Å². The Hall–Kier alpha value is -3.05. The molecule has 5 heteroatoms. The number of thiophene rings is 1. The summed E-state index contributed by atoms with van der Waals surface area (Å²) >= 11 is 1.63. The predicted molar refractivity (Wildman–Crippen MR) is 111 cm³/mol. The zero-order valence-electron chi connectivity index (χ0n) is 15.1. The van der Waals surface area contributed by atoms with Crippen molar-refractivity contribution < 1.29 is 14.3 Å². The van der Waals surface area contributed by atoms with Gasteiger partial charge in [-0.25, -0.2) is 0 Å². The minimum absolute atomic E-state index is 0.101. The summed E-state index contributed by atoms with van der Waals surface area (Å²) < 4.78 is 11.0. The second-order valence-corrected chi connectivity index (χ2v) is 6.79. The summed E-state index contributed by atoms with van der Waals surface area (Å²) in [5.41, 5.74) is 2.83. The third kappa shape index (κ3) is 4.77. The second-order valence-electron chi connectivity index (χ2n) is 5.84. The van der Waals surface area contributed by atoms with E-state index in [2.05, 4.69) is 11.9 Å². The van der Waals surface area contributed by atoms with Crippen LogP contribution in [0.4, 0.5) is 5.69 Å². The molecule has 4 nitrogen and oxygen atoms in total. The molecule has 0 aliphatic carbocycles. The van der Waals surface area contributed by atoms with Crippen LogP contribution in [-0.2, 0) is 11.2 Å². The van der Waals surface area contributed by atoms with Crippen LogP contribution in [0.3, 0.4) is 0 Å². The van der Waals surface area contributed by atoms with E-state index in [4.69, 9.17) is 9.47 Å². The molecule has 138 valence electrons. The number of benzene rings is 2. The molecule has 27 heavy (non-hydrogen) atoms. The number of anilines is 1. The zero-order chi connectivity index (χ0) is 19.1. The fourth-order valence-corrected chi connectivity index (χ4v) is 3.46. The first-order valence-corrected chi connectivity index (χ1v) is 9.42. The Morgan fingerprint density at radius 3 is 2.74 bits per heavy atom. The number of para-hydroxylation sites is 1. The Balaban J connectivity index is 1.67. The first-order chi connectivity index (χ1) is 13.2. The number of hydrogen-bond donors (Lipinski definition) is 1. The van der Waals surface area contributed by atoms with Crippen molar-refractivity contribution >= 4 is 22.9 Å². The van der Waals surface area contributed by atoms with E-state index in [1.54, 1.807) is 18.4 Å². The maximum Gasteiger partial charge on any atom is 0.262 e. The van der Waals surface area contributed by atoms with E-state index < -0.39 is 0 Å². The molecule has 0 radical (unpaired) electrons. The summed E-state index contributed by atoms with van der Waals surface area (Å²) in [7, 11) is 1.58. The summed E-state index contributed by atoms with van der Waals surface area (Å²) in [6.07, 6.45) is 2.57. The highest BCUT2D eigenvalue weighted by molar-refractivity contribution is 7.13. The third-order valence-electron chi connectivity index (χ3n) is 3.95. The molecule has 0 saturated heterocycles. The van der Waals surface area contributed by atoms with Gasteiger partial charge in [-0.15, -0.1) is 17.9 Å². The molecular formula is C22H21NO3S. The zero-order valence-corrected chi connectivity index (χ0v) is 15.9. The quantitative estimate of drug-likeness (QED) is 0.549. The van der Waals surface area contributed by atoms with Crippen LogP contribution in [0.25, 0.3) is 10.4 Å². The molecular weight excluding hydrogens is 358 g/mol. The number of carbonyl (C=O) groups is 1. The number of methoxy groups -OCH3 is 1. The fourth-order valence-electron chi connectivity index (χ4n) is 2.69. The molecule has 0 aliphatic heterocycles. The summed E-state index contributed by atoms with van der Waals surface area (Å²) in [6.45, 7) is 3.63. The fraction of sp³-hybridized carbons (Fsp3) is 0.136. The summed E-state index contributed by atoms with van der Waals surface area (Å²) in [6, 6.07) is 17.4. The molecule has 0 bridgehead atoms. The summed E-state index contributed by atoms with van der Waals surface area (Å²) in [5.74, 6) is 0.907. The Kier molecular flexibility index (Phi) is 6.28. The van der Waals surface area contributed by atoms with Gasteiger partial charge in [-0.2, -0.15) is 0 Å². The summed E-state index contributed by atoms with van der Waals surface area (Å²) in [4.78, 5) is 13.5. The van der Waals surface area contributed by atoms with Gasteiger partial charge in [0.15, 0.2) is 18.1 Å². The normalized spacial score (nSPS) is 10.3. The van der Waals surface area contributed by atoms with E-state index in [0.29, 0.717) is 11.5 Å². The van der Waals surface area contributed by atoms with Crippen LogP contribution >= 0.6 is 11.3 Å². The number of amides is 1. The lowest BCUT2D eigenvalue weighted by molar-refractivity contribution is -0.118. The number of hydrogen-bond acceptors (Lipinski definition) is 4. The third-order valence-corrected chi connectivity index (χ3v) is 4.86. The van der Waals surface area contributed by atoms with Gasteiger partial charge in [-0.3, -0.25) is 4.79 Å². The molecule has 0 spiro atoms. The number of nitrogens with one attached hydrogen (secondary N) is 1. The van der Waals surface area contributed by atoms with Crippen LogP contribution in [0, 0.1) is 0 Å². The number of ether oxygens (including phenoxy) is 2. The Morgan fingerprint density at radius 2 is 2.00 bits per heavy atom. The highest BCUT2D eigenvalue weighted by Gasteiger charge is 2.11. The largest absolute Gasteiger partial charge is 0.493 e. The van der Waals surface area contributed by atoms with Crippen molar-refractivity contribution in [1.29, 1.82) is 0 Å². The predicted octanol–water partition coefficient (Wildman–Crippen LogP) is 5.17. The molecule has 0 atom stereocenters. The maximum atomic E-state index is 12.4. The molecule has 1 heterocycles. The van der Waals surface area contributed by atoms with Gasteiger partial charge in [0, 0.05) is 16.1 Å². The minimum Gasteiger partial charge on any atom is -0.493 e. The minimum atomic E-state index is -0.226. The molecule has 0 aliphatic rings. The molecule has 3 aromatic rings. The van der Waals surface area contributed by atoms with Crippen molar-refractivity contribution in [1.82, 2.24) is 0 Å². The molecule has 2 aromatic carbocycles. The Bertz CT molecular complexity index is 919. The van der Waals surface area contributed by atoms with Gasteiger partial charge < -0.3 is 14.8 Å². The van der Waals surface area contributed by atoms with E-state index in [9.17, 15) is 4.79 Å². The van der Waals surface area contributed by atoms with Crippen LogP contribution in [0.2, 0.25) is 0 Å². The average molecular weight is 379 g/mol.